The maximum Gasteiger partial charge on any atom is 0.265 e. The second-order valence-electron chi connectivity index (χ2n) is 4.74. The van der Waals surface area contributed by atoms with Gasteiger partial charge in [-0.05, 0) is 50.2 Å². The van der Waals surface area contributed by atoms with E-state index in [0.29, 0.717) is 17.8 Å². The zero-order valence-electron chi connectivity index (χ0n) is 12.0. The van der Waals surface area contributed by atoms with Crippen LogP contribution in [0.4, 0.5) is 0 Å². The highest BCUT2D eigenvalue weighted by Crippen LogP contribution is 2.16. The van der Waals surface area contributed by atoms with Gasteiger partial charge in [-0.3, -0.25) is 9.36 Å². The van der Waals surface area contributed by atoms with Gasteiger partial charge in [-0.15, -0.1) is 0 Å². The molecule has 0 atom stereocenters. The van der Waals surface area contributed by atoms with Crippen LogP contribution in [0.25, 0.3) is 16.6 Å². The summed E-state index contributed by atoms with van der Waals surface area (Å²) in [6.07, 6.45) is 0. The molecule has 1 heterocycles. The number of benzene rings is 2. The van der Waals surface area contributed by atoms with E-state index in [2.05, 4.69) is 4.98 Å². The van der Waals surface area contributed by atoms with Crippen molar-refractivity contribution in [2.45, 2.75) is 13.8 Å². The van der Waals surface area contributed by atoms with Gasteiger partial charge in [0.05, 0.1) is 23.2 Å². The van der Waals surface area contributed by atoms with E-state index in [9.17, 15) is 4.79 Å². The molecular formula is C17H16N2O2. The lowest BCUT2D eigenvalue weighted by molar-refractivity contribution is 0.340. The monoisotopic (exact) mass is 280 g/mol. The van der Waals surface area contributed by atoms with Gasteiger partial charge in [-0.1, -0.05) is 12.1 Å². The quantitative estimate of drug-likeness (QED) is 0.740. The van der Waals surface area contributed by atoms with Crippen molar-refractivity contribution in [1.82, 2.24) is 9.55 Å². The molecule has 3 rings (SSSR count). The van der Waals surface area contributed by atoms with Crippen molar-refractivity contribution in [1.29, 1.82) is 0 Å². The van der Waals surface area contributed by atoms with Crippen molar-refractivity contribution < 1.29 is 4.74 Å². The number of hydrogen-bond donors (Lipinski definition) is 0. The Morgan fingerprint density at radius 3 is 2.52 bits per heavy atom. The summed E-state index contributed by atoms with van der Waals surface area (Å²) in [7, 11) is 0. The van der Waals surface area contributed by atoms with E-state index in [1.807, 2.05) is 56.3 Å². The molecule has 0 spiro atoms. The Morgan fingerprint density at radius 2 is 1.81 bits per heavy atom. The van der Waals surface area contributed by atoms with E-state index < -0.39 is 0 Å². The smallest absolute Gasteiger partial charge is 0.265 e. The molecule has 3 aromatic rings. The van der Waals surface area contributed by atoms with Crippen molar-refractivity contribution in [3.05, 3.63) is 64.7 Å². The fraction of sp³-hybridized carbons (Fsp3) is 0.176. The molecule has 106 valence electrons. The van der Waals surface area contributed by atoms with Gasteiger partial charge in [0.15, 0.2) is 0 Å². The highest BCUT2D eigenvalue weighted by Gasteiger charge is 2.09. The van der Waals surface area contributed by atoms with Gasteiger partial charge in [-0.2, -0.15) is 0 Å². The molecule has 0 aliphatic carbocycles. The largest absolute Gasteiger partial charge is 0.494 e. The van der Waals surface area contributed by atoms with E-state index in [4.69, 9.17) is 4.74 Å². The van der Waals surface area contributed by atoms with Crippen LogP contribution in [0.1, 0.15) is 12.7 Å². The van der Waals surface area contributed by atoms with Crippen molar-refractivity contribution in [2.24, 2.45) is 0 Å². The van der Waals surface area contributed by atoms with Crippen LogP contribution < -0.4 is 10.3 Å². The van der Waals surface area contributed by atoms with Crippen LogP contribution >= 0.6 is 0 Å². The summed E-state index contributed by atoms with van der Waals surface area (Å²) < 4.78 is 7.05. The highest BCUT2D eigenvalue weighted by molar-refractivity contribution is 5.77. The molecule has 0 N–H and O–H groups in total. The molecule has 0 saturated carbocycles. The molecule has 2 aromatic carbocycles. The summed E-state index contributed by atoms with van der Waals surface area (Å²) in [5, 5.41) is 0.622. The molecule has 0 aliphatic heterocycles. The summed E-state index contributed by atoms with van der Waals surface area (Å²) >= 11 is 0. The summed E-state index contributed by atoms with van der Waals surface area (Å²) in [6, 6.07) is 14.9. The van der Waals surface area contributed by atoms with Crippen LogP contribution in [0.15, 0.2) is 53.3 Å². The maximum absolute atomic E-state index is 12.7. The number of para-hydroxylation sites is 1. The van der Waals surface area contributed by atoms with Crippen LogP contribution in [-0.4, -0.2) is 16.2 Å². The standard InChI is InChI=1S/C17H16N2O2/c1-3-21-14-10-8-13(9-11-14)19-12(2)18-16-7-5-4-6-15(16)17(19)20/h4-11H,3H2,1-2H3. The minimum absolute atomic E-state index is 0.0535. The van der Waals surface area contributed by atoms with Gasteiger partial charge < -0.3 is 4.74 Å². The van der Waals surface area contributed by atoms with Crippen LogP contribution in [-0.2, 0) is 0 Å². The summed E-state index contributed by atoms with van der Waals surface area (Å²) in [5.41, 5.74) is 1.46. The third-order valence-corrected chi connectivity index (χ3v) is 3.35. The van der Waals surface area contributed by atoms with Gasteiger partial charge in [0.25, 0.3) is 5.56 Å². The molecule has 0 fully saturated rings. The maximum atomic E-state index is 12.7. The Bertz CT molecular complexity index is 836. The average molecular weight is 280 g/mol. The number of rotatable bonds is 3. The molecule has 4 heteroatoms. The van der Waals surface area contributed by atoms with E-state index in [1.54, 1.807) is 10.6 Å². The van der Waals surface area contributed by atoms with Crippen molar-refractivity contribution >= 4 is 10.9 Å². The molecule has 4 nitrogen and oxygen atoms in total. The van der Waals surface area contributed by atoms with Gasteiger partial charge in [-0.25, -0.2) is 4.98 Å². The van der Waals surface area contributed by atoms with E-state index in [1.165, 1.54) is 0 Å². The Labute approximate surface area is 122 Å². The molecule has 0 bridgehead atoms. The van der Waals surface area contributed by atoms with E-state index >= 15 is 0 Å². The molecule has 0 saturated heterocycles. The molecule has 0 radical (unpaired) electrons. The van der Waals surface area contributed by atoms with Crippen LogP contribution in [0.3, 0.4) is 0 Å². The normalized spacial score (nSPS) is 10.8. The summed E-state index contributed by atoms with van der Waals surface area (Å²) in [5.74, 6) is 1.46. The first kappa shape index (κ1) is 13.4. The SMILES string of the molecule is CCOc1ccc(-n2c(C)nc3ccccc3c2=O)cc1. The van der Waals surface area contributed by atoms with E-state index in [-0.39, 0.29) is 5.56 Å². The summed E-state index contributed by atoms with van der Waals surface area (Å²) in [4.78, 5) is 17.2. The van der Waals surface area contributed by atoms with E-state index in [0.717, 1.165) is 17.0 Å². The van der Waals surface area contributed by atoms with Gasteiger partial charge in [0.2, 0.25) is 0 Å². The van der Waals surface area contributed by atoms with Crippen LogP contribution in [0, 0.1) is 6.92 Å². The predicted molar refractivity (Wildman–Crippen MR) is 83.2 cm³/mol. The Balaban J connectivity index is 2.18. The first-order valence-corrected chi connectivity index (χ1v) is 6.92. The number of hydrogen-bond acceptors (Lipinski definition) is 3. The first-order valence-electron chi connectivity index (χ1n) is 6.92. The fourth-order valence-electron chi connectivity index (χ4n) is 2.41. The Morgan fingerprint density at radius 1 is 1.10 bits per heavy atom. The lowest BCUT2D eigenvalue weighted by atomic mass is 10.2. The lowest BCUT2D eigenvalue weighted by Crippen LogP contribution is -2.22. The third kappa shape index (κ3) is 2.40. The Hall–Kier alpha value is -2.62. The van der Waals surface area contributed by atoms with Crippen molar-refractivity contribution in [3.63, 3.8) is 0 Å². The molecule has 0 unspecified atom stereocenters. The minimum atomic E-state index is -0.0535. The predicted octanol–water partition coefficient (Wildman–Crippen LogP) is 3.09. The highest BCUT2D eigenvalue weighted by atomic mass is 16.5. The minimum Gasteiger partial charge on any atom is -0.494 e. The lowest BCUT2D eigenvalue weighted by Gasteiger charge is -2.11. The molecule has 0 aliphatic rings. The second-order valence-corrected chi connectivity index (χ2v) is 4.74. The molecule has 21 heavy (non-hydrogen) atoms. The third-order valence-electron chi connectivity index (χ3n) is 3.35. The number of nitrogens with zero attached hydrogens (tertiary/aromatic N) is 2. The molecule has 0 amide bonds. The van der Waals surface area contributed by atoms with Gasteiger partial charge >= 0.3 is 0 Å². The van der Waals surface area contributed by atoms with Gasteiger partial charge in [0, 0.05) is 0 Å². The van der Waals surface area contributed by atoms with Gasteiger partial charge in [0.1, 0.15) is 11.6 Å². The number of ether oxygens (including phenoxy) is 1. The number of aromatic nitrogens is 2. The van der Waals surface area contributed by atoms with Crippen LogP contribution in [0.2, 0.25) is 0 Å². The Kier molecular flexibility index (Phi) is 3.44. The topological polar surface area (TPSA) is 44.1 Å². The number of aryl methyl sites for hydroxylation is 1. The second kappa shape index (κ2) is 5.40. The summed E-state index contributed by atoms with van der Waals surface area (Å²) in [6.45, 7) is 4.40. The zero-order valence-corrected chi connectivity index (χ0v) is 12.0. The number of fused-ring (bicyclic) bond motifs is 1. The van der Waals surface area contributed by atoms with Crippen LogP contribution in [0.5, 0.6) is 5.75 Å². The average Bonchev–Trinajstić information content (AvgIpc) is 2.49. The molecule has 1 aromatic heterocycles. The van der Waals surface area contributed by atoms with Crippen molar-refractivity contribution in [2.75, 3.05) is 6.61 Å². The van der Waals surface area contributed by atoms with Crippen molar-refractivity contribution in [3.8, 4) is 11.4 Å². The fourth-order valence-corrected chi connectivity index (χ4v) is 2.41. The first-order chi connectivity index (χ1) is 10.2. The molecular weight excluding hydrogens is 264 g/mol. The zero-order chi connectivity index (χ0) is 14.8.